The first-order chi connectivity index (χ1) is 20.0. The van der Waals surface area contributed by atoms with Crippen LogP contribution in [-0.2, 0) is 0 Å². The molecule has 0 saturated heterocycles. The Morgan fingerprint density at radius 1 is 1.07 bits per heavy atom. The van der Waals surface area contributed by atoms with Gasteiger partial charge in [-0.25, -0.2) is 23.8 Å². The first kappa shape index (κ1) is 30.9. The van der Waals surface area contributed by atoms with Crippen molar-refractivity contribution >= 4 is 46.4 Å². The Morgan fingerprint density at radius 2 is 1.74 bits per heavy atom. The van der Waals surface area contributed by atoms with Gasteiger partial charge in [-0.3, -0.25) is 15.1 Å². The molecule has 4 rings (SSSR count). The van der Waals surface area contributed by atoms with Crippen LogP contribution in [0.4, 0.5) is 30.6 Å². The minimum Gasteiger partial charge on any atom is -0.478 e. The van der Waals surface area contributed by atoms with Gasteiger partial charge in [-0.05, 0) is 49.4 Å². The molecule has 0 unspecified atom stereocenters. The predicted molar refractivity (Wildman–Crippen MR) is 151 cm³/mol. The highest BCUT2D eigenvalue weighted by molar-refractivity contribution is 6.35. The lowest BCUT2D eigenvalue weighted by Gasteiger charge is -2.08. The minimum absolute atomic E-state index is 0.0352. The zero-order valence-electron chi connectivity index (χ0n) is 21.5. The number of para-hydroxylation sites is 1. The van der Waals surface area contributed by atoms with Crippen molar-refractivity contribution in [1.82, 2.24) is 10.4 Å². The first-order valence-corrected chi connectivity index (χ1v) is 12.1. The van der Waals surface area contributed by atoms with Crippen molar-refractivity contribution in [2.24, 2.45) is 5.10 Å². The Morgan fingerprint density at radius 3 is 2.36 bits per heavy atom. The van der Waals surface area contributed by atoms with Crippen LogP contribution in [0.5, 0.6) is 11.5 Å². The van der Waals surface area contributed by atoms with Gasteiger partial charge in [0, 0.05) is 24.0 Å². The van der Waals surface area contributed by atoms with Gasteiger partial charge in [-0.15, -0.1) is 0 Å². The molecule has 1 aromatic heterocycles. The minimum atomic E-state index is -1.19. The number of carbonyl (C=O) groups is 2. The lowest BCUT2D eigenvalue weighted by atomic mass is 10.1. The molecule has 2 amide bonds. The molecular weight excluding hydrogens is 578 g/mol. The van der Waals surface area contributed by atoms with Crippen LogP contribution in [0.25, 0.3) is 0 Å². The van der Waals surface area contributed by atoms with Crippen LogP contribution >= 0.6 is 11.6 Å². The summed E-state index contributed by atoms with van der Waals surface area (Å²) in [6.45, 7) is 1.46. The van der Waals surface area contributed by atoms with Crippen molar-refractivity contribution in [3.05, 3.63) is 117 Å². The van der Waals surface area contributed by atoms with Crippen LogP contribution < -0.4 is 21.2 Å². The average Bonchev–Trinajstić information content (AvgIpc) is 2.94. The number of pyridine rings is 1. The van der Waals surface area contributed by atoms with Crippen molar-refractivity contribution in [2.45, 2.75) is 6.92 Å². The lowest BCUT2D eigenvalue weighted by molar-refractivity contribution is -0.383. The number of anilines is 2. The molecule has 42 heavy (non-hydrogen) atoms. The van der Waals surface area contributed by atoms with Crippen molar-refractivity contribution < 1.29 is 33.1 Å². The third-order valence-corrected chi connectivity index (χ3v) is 5.51. The molecule has 1 heterocycles. The van der Waals surface area contributed by atoms with Gasteiger partial charge in [0.05, 0.1) is 16.2 Å². The number of aromatic nitrogens is 1. The summed E-state index contributed by atoms with van der Waals surface area (Å²) in [6.07, 6.45) is 1.39. The van der Waals surface area contributed by atoms with E-state index in [-0.39, 0.29) is 44.8 Å². The molecule has 5 N–H and O–H groups in total. The van der Waals surface area contributed by atoms with E-state index in [0.29, 0.717) is 11.8 Å². The Kier molecular flexibility index (Phi) is 10.4. The molecule has 3 aromatic carbocycles. The molecule has 0 spiro atoms. The van der Waals surface area contributed by atoms with Gasteiger partial charge < -0.3 is 20.9 Å². The highest BCUT2D eigenvalue weighted by atomic mass is 35.5. The molecule has 0 aliphatic rings. The summed E-state index contributed by atoms with van der Waals surface area (Å²) in [5.41, 5.74) is 7.40. The molecule has 0 atom stereocenters. The molecule has 4 aromatic rings. The first-order valence-electron chi connectivity index (χ1n) is 11.7. The number of nitrogens with one attached hydrogen (secondary N) is 2. The summed E-state index contributed by atoms with van der Waals surface area (Å²) < 4.78 is 31.6. The number of halogens is 3. The summed E-state index contributed by atoms with van der Waals surface area (Å²) in [5.74, 6) is -2.01. The average molecular weight is 599 g/mol. The summed E-state index contributed by atoms with van der Waals surface area (Å²) in [5, 5.41) is 25.7. The third-order valence-electron chi connectivity index (χ3n) is 5.12. The summed E-state index contributed by atoms with van der Waals surface area (Å²) >= 11 is 5.94. The molecule has 12 nitrogen and oxygen atoms in total. The maximum atomic E-state index is 13.0. The Hall–Kier alpha value is -5.63. The summed E-state index contributed by atoms with van der Waals surface area (Å²) in [7, 11) is 0. The number of carboxylic acid groups (broad SMARTS) is 1. The van der Waals surface area contributed by atoms with E-state index in [1.807, 2.05) is 6.07 Å². The summed E-state index contributed by atoms with van der Waals surface area (Å²) in [6, 6.07) is 16.1. The lowest BCUT2D eigenvalue weighted by Crippen LogP contribution is -2.26. The second kappa shape index (κ2) is 14.1. The zero-order valence-corrected chi connectivity index (χ0v) is 22.3. The number of aromatic carboxylic acids is 1. The number of hydrogen-bond acceptors (Lipinski definition) is 8. The van der Waals surface area contributed by atoms with Gasteiger partial charge in [-0.1, -0.05) is 29.8 Å². The van der Waals surface area contributed by atoms with E-state index in [9.17, 15) is 28.5 Å². The van der Waals surface area contributed by atoms with E-state index in [1.54, 1.807) is 24.3 Å². The van der Waals surface area contributed by atoms with Crippen molar-refractivity contribution in [2.75, 3.05) is 11.1 Å². The van der Waals surface area contributed by atoms with Crippen LogP contribution in [0.2, 0.25) is 5.02 Å². The fourth-order valence-corrected chi connectivity index (χ4v) is 3.45. The molecule has 0 aliphatic carbocycles. The summed E-state index contributed by atoms with van der Waals surface area (Å²) in [4.78, 5) is 36.8. The molecular formula is C27H21ClF2N6O6. The SMILES string of the molecule is C/C(=N\NC(=O)Nc1cc(F)cc(F)c1)c1ncccc1C(=O)O.Nc1c([N+](=O)[O-])ccc(Oc2ccccc2)c1Cl. The third kappa shape index (κ3) is 8.43. The van der Waals surface area contributed by atoms with Crippen molar-refractivity contribution in [1.29, 1.82) is 0 Å². The number of nitrogens with two attached hydrogens (primary N) is 1. The van der Waals surface area contributed by atoms with E-state index in [0.717, 1.165) is 12.1 Å². The monoisotopic (exact) mass is 598 g/mol. The number of nitro benzene ring substituents is 1. The number of nitrogen functional groups attached to an aromatic ring is 1. The van der Waals surface area contributed by atoms with Gasteiger partial charge in [-0.2, -0.15) is 5.10 Å². The highest BCUT2D eigenvalue weighted by Gasteiger charge is 2.18. The largest absolute Gasteiger partial charge is 0.478 e. The number of benzene rings is 3. The molecule has 15 heteroatoms. The second-order valence-electron chi connectivity index (χ2n) is 8.11. The van der Waals surface area contributed by atoms with Crippen molar-refractivity contribution in [3.8, 4) is 11.5 Å². The van der Waals surface area contributed by atoms with Crippen LogP contribution in [0, 0.1) is 21.7 Å². The van der Waals surface area contributed by atoms with Gasteiger partial charge in [0.25, 0.3) is 5.69 Å². The number of nitro groups is 1. The van der Waals surface area contributed by atoms with Gasteiger partial charge in [0.2, 0.25) is 0 Å². The fourth-order valence-electron chi connectivity index (χ4n) is 3.26. The van der Waals surface area contributed by atoms with E-state index in [2.05, 4.69) is 20.8 Å². The molecule has 0 bridgehead atoms. The topological polar surface area (TPSA) is 182 Å². The smallest absolute Gasteiger partial charge is 0.339 e. The fraction of sp³-hybridized carbons (Fsp3) is 0.0370. The second-order valence-corrected chi connectivity index (χ2v) is 8.49. The van der Waals surface area contributed by atoms with Crippen LogP contribution in [0.3, 0.4) is 0 Å². The number of hydrogen-bond donors (Lipinski definition) is 4. The Bertz CT molecular complexity index is 1640. The molecule has 0 saturated carbocycles. The van der Waals surface area contributed by atoms with Gasteiger partial charge in [0.15, 0.2) is 0 Å². The zero-order chi connectivity index (χ0) is 30.8. The Balaban J connectivity index is 0.000000240. The maximum absolute atomic E-state index is 13.0. The molecule has 0 radical (unpaired) electrons. The maximum Gasteiger partial charge on any atom is 0.339 e. The molecule has 0 aliphatic heterocycles. The van der Waals surface area contributed by atoms with Crippen LogP contribution in [0.15, 0.2) is 84.1 Å². The number of carboxylic acids is 1. The molecule has 216 valence electrons. The number of amides is 2. The van der Waals surface area contributed by atoms with Gasteiger partial charge in [0.1, 0.15) is 39.5 Å². The number of ether oxygens (including phenoxy) is 1. The predicted octanol–water partition coefficient (Wildman–Crippen LogP) is 6.23. The Labute approximate surface area is 241 Å². The normalized spacial score (nSPS) is 10.6. The number of carbonyl (C=O) groups excluding carboxylic acids is 1. The highest BCUT2D eigenvalue weighted by Crippen LogP contribution is 2.38. The number of rotatable bonds is 7. The van der Waals surface area contributed by atoms with E-state index >= 15 is 0 Å². The van der Waals surface area contributed by atoms with E-state index in [4.69, 9.17) is 27.2 Å². The van der Waals surface area contributed by atoms with Crippen LogP contribution in [0.1, 0.15) is 23.0 Å². The van der Waals surface area contributed by atoms with E-state index < -0.39 is 28.6 Å². The quantitative estimate of drug-likeness (QED) is 0.0835. The van der Waals surface area contributed by atoms with Crippen LogP contribution in [-0.4, -0.2) is 32.7 Å². The number of hydrazone groups is 1. The molecule has 0 fully saturated rings. The number of nitrogens with zero attached hydrogens (tertiary/aromatic N) is 3. The number of urea groups is 1. The standard InChI is InChI=1S/C15H12F2N4O3.C12H9ClN2O3/c1-8(13-12(14(22)23)3-2-4-18-13)20-21-15(24)19-11-6-9(16)5-10(17)7-11;13-11-10(18-8-4-2-1-3-5-8)7-6-9(12(11)14)15(16)17/h2-7H,1H3,(H,22,23)(H2,19,21,24);1-7H,14H2/b20-8+;. The van der Waals surface area contributed by atoms with E-state index in [1.165, 1.54) is 37.4 Å². The van der Waals surface area contributed by atoms with Crippen molar-refractivity contribution in [3.63, 3.8) is 0 Å². The van der Waals surface area contributed by atoms with Gasteiger partial charge >= 0.3 is 12.0 Å².